The summed E-state index contributed by atoms with van der Waals surface area (Å²) < 4.78 is 54.7. The number of benzene rings is 1. The van der Waals surface area contributed by atoms with E-state index in [1.807, 2.05) is 31.3 Å². The average Bonchev–Trinajstić information content (AvgIpc) is 3.12. The number of rotatable bonds is 9. The van der Waals surface area contributed by atoms with Crippen molar-refractivity contribution in [3.8, 4) is 0 Å². The van der Waals surface area contributed by atoms with Gasteiger partial charge in [-0.3, -0.25) is 4.98 Å². The second-order valence-electron chi connectivity index (χ2n) is 10.4. The summed E-state index contributed by atoms with van der Waals surface area (Å²) in [5, 5.41) is 12.8. The maximum atomic E-state index is 15.3. The fraction of sp³-hybridized carbons (Fsp3) is 0.519. The summed E-state index contributed by atoms with van der Waals surface area (Å²) in [6.07, 6.45) is 4.00. The summed E-state index contributed by atoms with van der Waals surface area (Å²) in [6, 6.07) is 5.96. The normalized spacial score (nSPS) is 20.4. The number of morpholine rings is 1. The second kappa shape index (κ2) is 10.6. The second-order valence-corrected chi connectivity index (χ2v) is 10.4. The lowest BCUT2D eigenvalue weighted by molar-refractivity contribution is -0.0722. The standard InChI is InChI=1S/C27H33F3N6O2/c1-16(20-6-5-7-22(24(20)28)27(29,30)15-37-4)32-26-21-10-19(36-17-8-9-18(36)14-38-13-17)11-31-25(21)23(33-34-26)12-35(2)3/h5-7,10-11,16-18H,8-9,12-15H2,1-4H3,(H,32,34)/t16-,17?,18?/m1/s1. The summed E-state index contributed by atoms with van der Waals surface area (Å²) in [4.78, 5) is 9.15. The first kappa shape index (κ1) is 26.6. The van der Waals surface area contributed by atoms with Gasteiger partial charge in [0.1, 0.15) is 18.1 Å². The van der Waals surface area contributed by atoms with Gasteiger partial charge in [-0.15, -0.1) is 10.2 Å². The Morgan fingerprint density at radius 1 is 1.21 bits per heavy atom. The Kier molecular flexibility index (Phi) is 7.43. The predicted molar refractivity (Wildman–Crippen MR) is 139 cm³/mol. The van der Waals surface area contributed by atoms with Crippen LogP contribution in [-0.4, -0.2) is 73.2 Å². The van der Waals surface area contributed by atoms with Gasteiger partial charge in [0.05, 0.1) is 54.3 Å². The molecule has 2 aliphatic rings. The maximum Gasteiger partial charge on any atom is 0.298 e. The first-order valence-corrected chi connectivity index (χ1v) is 12.8. The Labute approximate surface area is 220 Å². The van der Waals surface area contributed by atoms with Crippen molar-refractivity contribution in [2.24, 2.45) is 0 Å². The van der Waals surface area contributed by atoms with Gasteiger partial charge in [0.2, 0.25) is 0 Å². The molecule has 0 saturated carbocycles. The lowest BCUT2D eigenvalue weighted by Gasteiger charge is -2.36. The Balaban J connectivity index is 1.53. The van der Waals surface area contributed by atoms with E-state index in [-0.39, 0.29) is 5.56 Å². The molecule has 3 atom stereocenters. The molecule has 0 amide bonds. The quantitative estimate of drug-likeness (QED) is 0.434. The third kappa shape index (κ3) is 5.02. The molecule has 4 heterocycles. The number of fused-ring (bicyclic) bond motifs is 3. The molecular formula is C27H33F3N6O2. The zero-order chi connectivity index (χ0) is 27.0. The smallest absolute Gasteiger partial charge is 0.298 e. The van der Waals surface area contributed by atoms with E-state index in [1.165, 1.54) is 12.1 Å². The van der Waals surface area contributed by atoms with Crippen molar-refractivity contribution in [1.82, 2.24) is 20.1 Å². The first-order chi connectivity index (χ1) is 18.2. The SMILES string of the molecule is COCC(F)(F)c1cccc([C@@H](C)Nc2nnc(CN(C)C)c3ncc(N4C5CCC4COC5)cc23)c1F. The largest absolute Gasteiger partial charge is 0.378 e. The van der Waals surface area contributed by atoms with Gasteiger partial charge in [-0.05, 0) is 46.0 Å². The highest BCUT2D eigenvalue weighted by Gasteiger charge is 2.38. The number of aromatic nitrogens is 3. The fourth-order valence-corrected chi connectivity index (χ4v) is 5.49. The molecule has 2 unspecified atom stereocenters. The van der Waals surface area contributed by atoms with Gasteiger partial charge < -0.3 is 24.6 Å². The molecule has 5 rings (SSSR count). The molecule has 2 saturated heterocycles. The van der Waals surface area contributed by atoms with Crippen LogP contribution in [0.25, 0.3) is 10.9 Å². The molecule has 1 aromatic carbocycles. The van der Waals surface area contributed by atoms with Crippen molar-refractivity contribution in [3.63, 3.8) is 0 Å². The van der Waals surface area contributed by atoms with Crippen LogP contribution >= 0.6 is 0 Å². The first-order valence-electron chi connectivity index (χ1n) is 12.8. The van der Waals surface area contributed by atoms with Crippen LogP contribution in [0.3, 0.4) is 0 Å². The van der Waals surface area contributed by atoms with Gasteiger partial charge in [0.25, 0.3) is 5.92 Å². The van der Waals surface area contributed by atoms with E-state index in [0.717, 1.165) is 37.1 Å². The molecule has 3 aromatic rings. The van der Waals surface area contributed by atoms with Crippen LogP contribution in [0.15, 0.2) is 30.5 Å². The van der Waals surface area contributed by atoms with Gasteiger partial charge in [-0.2, -0.15) is 8.78 Å². The zero-order valence-corrected chi connectivity index (χ0v) is 22.0. The predicted octanol–water partition coefficient (Wildman–Crippen LogP) is 4.50. The lowest BCUT2D eigenvalue weighted by atomic mass is 10.00. The highest BCUT2D eigenvalue weighted by atomic mass is 19.3. The van der Waals surface area contributed by atoms with Crippen molar-refractivity contribution in [2.75, 3.05) is 51.2 Å². The minimum absolute atomic E-state index is 0.0981. The van der Waals surface area contributed by atoms with Crippen molar-refractivity contribution in [1.29, 1.82) is 0 Å². The summed E-state index contributed by atoms with van der Waals surface area (Å²) in [6.45, 7) is 2.70. The number of pyridine rings is 1. The maximum absolute atomic E-state index is 15.3. The van der Waals surface area contributed by atoms with E-state index in [2.05, 4.69) is 25.2 Å². The van der Waals surface area contributed by atoms with E-state index in [9.17, 15) is 8.78 Å². The molecule has 0 radical (unpaired) electrons. The minimum Gasteiger partial charge on any atom is -0.378 e. The van der Waals surface area contributed by atoms with Crippen molar-refractivity contribution in [2.45, 2.75) is 50.4 Å². The monoisotopic (exact) mass is 530 g/mol. The highest BCUT2D eigenvalue weighted by Crippen LogP contribution is 2.37. The van der Waals surface area contributed by atoms with Gasteiger partial charge in [-0.1, -0.05) is 12.1 Å². The molecule has 2 fully saturated rings. The third-order valence-corrected chi connectivity index (χ3v) is 7.24. The molecule has 0 aliphatic carbocycles. The van der Waals surface area contributed by atoms with Crippen LogP contribution in [0.4, 0.5) is 24.7 Å². The Bertz CT molecular complexity index is 1290. The van der Waals surface area contributed by atoms with Crippen LogP contribution in [0.5, 0.6) is 0 Å². The third-order valence-electron chi connectivity index (χ3n) is 7.24. The number of hydrogen-bond donors (Lipinski definition) is 1. The number of hydrogen-bond acceptors (Lipinski definition) is 8. The van der Waals surface area contributed by atoms with Crippen LogP contribution in [0.1, 0.15) is 42.6 Å². The lowest BCUT2D eigenvalue weighted by Crippen LogP contribution is -2.46. The summed E-state index contributed by atoms with van der Waals surface area (Å²) in [5.41, 5.74) is 1.77. The van der Waals surface area contributed by atoms with E-state index < -0.39 is 30.0 Å². The summed E-state index contributed by atoms with van der Waals surface area (Å²) in [5.74, 6) is -4.01. The van der Waals surface area contributed by atoms with Crippen molar-refractivity contribution >= 4 is 22.4 Å². The van der Waals surface area contributed by atoms with Crippen LogP contribution in [-0.2, 0) is 21.9 Å². The number of halogens is 3. The molecule has 8 nitrogen and oxygen atoms in total. The van der Waals surface area contributed by atoms with Gasteiger partial charge in [0, 0.05) is 24.6 Å². The Morgan fingerprint density at radius 2 is 1.95 bits per heavy atom. The minimum atomic E-state index is -3.45. The van der Waals surface area contributed by atoms with E-state index in [0.29, 0.717) is 48.9 Å². The summed E-state index contributed by atoms with van der Waals surface area (Å²) in [7, 11) is 5.04. The van der Waals surface area contributed by atoms with Crippen LogP contribution in [0, 0.1) is 5.82 Å². The molecule has 0 spiro atoms. The highest BCUT2D eigenvalue weighted by molar-refractivity contribution is 5.92. The van der Waals surface area contributed by atoms with Crippen LogP contribution in [0.2, 0.25) is 0 Å². The van der Waals surface area contributed by atoms with Crippen molar-refractivity contribution < 1.29 is 22.6 Å². The topological polar surface area (TPSA) is 75.6 Å². The van der Waals surface area contributed by atoms with Gasteiger partial charge in [0.15, 0.2) is 5.82 Å². The average molecular weight is 531 g/mol. The number of ether oxygens (including phenoxy) is 2. The molecule has 2 aliphatic heterocycles. The zero-order valence-electron chi connectivity index (χ0n) is 22.0. The van der Waals surface area contributed by atoms with Gasteiger partial charge >= 0.3 is 0 Å². The Morgan fingerprint density at radius 3 is 2.63 bits per heavy atom. The Hall–Kier alpha value is -3.02. The van der Waals surface area contributed by atoms with Crippen molar-refractivity contribution in [3.05, 3.63) is 53.1 Å². The van der Waals surface area contributed by atoms with Crippen LogP contribution < -0.4 is 10.2 Å². The van der Waals surface area contributed by atoms with E-state index >= 15 is 4.39 Å². The van der Waals surface area contributed by atoms with Gasteiger partial charge in [-0.25, -0.2) is 4.39 Å². The molecule has 204 valence electrons. The number of methoxy groups -OCH3 is 1. The number of alkyl halides is 2. The molecular weight excluding hydrogens is 497 g/mol. The molecule has 38 heavy (non-hydrogen) atoms. The number of nitrogens with one attached hydrogen (secondary N) is 1. The number of anilines is 2. The molecule has 11 heteroatoms. The summed E-state index contributed by atoms with van der Waals surface area (Å²) >= 11 is 0. The molecule has 1 N–H and O–H groups in total. The molecule has 2 aromatic heterocycles. The molecule has 2 bridgehead atoms. The fourth-order valence-electron chi connectivity index (χ4n) is 5.49. The number of nitrogens with zero attached hydrogens (tertiary/aromatic N) is 5. The van der Waals surface area contributed by atoms with E-state index in [4.69, 9.17) is 9.72 Å². The van der Waals surface area contributed by atoms with E-state index in [1.54, 1.807) is 6.92 Å².